The third-order valence-corrected chi connectivity index (χ3v) is 2.96. The fraction of sp³-hybridized carbons (Fsp3) is 0.700. The molecule has 0 aromatic rings. The summed E-state index contributed by atoms with van der Waals surface area (Å²) in [6.07, 6.45) is 0.0740. The van der Waals surface area contributed by atoms with Crippen molar-refractivity contribution in [2.75, 3.05) is 0 Å². The van der Waals surface area contributed by atoms with Crippen molar-refractivity contribution in [3.8, 4) is 0 Å². The Balaban J connectivity index is 2.45. The summed E-state index contributed by atoms with van der Waals surface area (Å²) in [6, 6.07) is 0. The highest BCUT2D eigenvalue weighted by atomic mass is 32.2. The fourth-order valence-electron chi connectivity index (χ4n) is 1.32. The maximum atomic E-state index is 11.5. The number of thioether (sulfide) groups is 1. The average Bonchev–Trinajstić information content (AvgIpc) is 2.25. The van der Waals surface area contributed by atoms with Crippen LogP contribution in [0.5, 0.6) is 0 Å². The maximum absolute atomic E-state index is 11.5. The van der Waals surface area contributed by atoms with E-state index in [0.717, 1.165) is 11.8 Å². The lowest BCUT2D eigenvalue weighted by molar-refractivity contribution is -0.126. The highest BCUT2D eigenvalue weighted by Gasteiger charge is 2.33. The first-order valence-electron chi connectivity index (χ1n) is 4.81. The van der Waals surface area contributed by atoms with E-state index in [-0.39, 0.29) is 35.2 Å². The third-order valence-electron chi connectivity index (χ3n) is 1.84. The molecule has 0 aromatic carbocycles. The minimum atomic E-state index is -0.472. The Kier molecular flexibility index (Phi) is 3.54. The lowest BCUT2D eigenvalue weighted by atomic mass is 10.1. The Hall–Kier alpha value is -0.840. The molecule has 1 amide bonds. The van der Waals surface area contributed by atoms with Gasteiger partial charge < -0.3 is 5.32 Å². The predicted octanol–water partition coefficient (Wildman–Crippen LogP) is 0.892. The summed E-state index contributed by atoms with van der Waals surface area (Å²) in [5.74, 6) is -0.308. The molecule has 1 unspecified atom stereocenters. The van der Waals surface area contributed by atoms with Gasteiger partial charge in [0.05, 0.1) is 11.7 Å². The van der Waals surface area contributed by atoms with Crippen molar-refractivity contribution in [3.63, 3.8) is 0 Å². The van der Waals surface area contributed by atoms with Crippen LogP contribution in [0.3, 0.4) is 0 Å². The van der Waals surface area contributed by atoms with E-state index in [2.05, 4.69) is 5.32 Å². The summed E-state index contributed by atoms with van der Waals surface area (Å²) in [4.78, 5) is 33.7. The summed E-state index contributed by atoms with van der Waals surface area (Å²) < 4.78 is 0. The van der Waals surface area contributed by atoms with Crippen molar-refractivity contribution < 1.29 is 14.4 Å². The third kappa shape index (κ3) is 4.03. The summed E-state index contributed by atoms with van der Waals surface area (Å²) in [6.45, 7) is 5.62. The predicted molar refractivity (Wildman–Crippen MR) is 58.5 cm³/mol. The largest absolute Gasteiger partial charge is 0.351 e. The van der Waals surface area contributed by atoms with Gasteiger partial charge in [0.25, 0.3) is 0 Å². The number of Topliss-reactive ketones (excluding diaryl/α,β-unsaturated/α-hetero) is 1. The van der Waals surface area contributed by atoms with Crippen LogP contribution in [0.4, 0.5) is 0 Å². The van der Waals surface area contributed by atoms with Gasteiger partial charge in [-0.2, -0.15) is 0 Å². The molecule has 1 rings (SSSR count). The minimum Gasteiger partial charge on any atom is -0.351 e. The summed E-state index contributed by atoms with van der Waals surface area (Å²) >= 11 is 0.979. The van der Waals surface area contributed by atoms with Crippen molar-refractivity contribution in [1.82, 2.24) is 5.32 Å². The van der Waals surface area contributed by atoms with Gasteiger partial charge in [0.15, 0.2) is 10.9 Å². The quantitative estimate of drug-likeness (QED) is 0.714. The van der Waals surface area contributed by atoms with Gasteiger partial charge in [0, 0.05) is 12.0 Å². The van der Waals surface area contributed by atoms with Crippen molar-refractivity contribution in [2.45, 2.75) is 44.4 Å². The molecule has 84 valence electrons. The topological polar surface area (TPSA) is 63.2 Å². The highest BCUT2D eigenvalue weighted by Crippen LogP contribution is 2.27. The zero-order valence-electron chi connectivity index (χ0n) is 9.12. The number of carbonyl (C=O) groups excluding carboxylic acids is 3. The van der Waals surface area contributed by atoms with Crippen LogP contribution in [0, 0.1) is 0 Å². The molecule has 4 nitrogen and oxygen atoms in total. The monoisotopic (exact) mass is 229 g/mol. The molecule has 0 bridgehead atoms. The molecule has 5 heteroatoms. The molecular weight excluding hydrogens is 214 g/mol. The molecule has 0 aliphatic carbocycles. The average molecular weight is 229 g/mol. The van der Waals surface area contributed by atoms with Crippen molar-refractivity contribution >= 4 is 28.6 Å². The van der Waals surface area contributed by atoms with Crippen LogP contribution in [-0.2, 0) is 14.4 Å². The van der Waals surface area contributed by atoms with Crippen LogP contribution in [0.25, 0.3) is 0 Å². The molecule has 0 aromatic heterocycles. The van der Waals surface area contributed by atoms with E-state index in [1.807, 2.05) is 20.8 Å². The number of hydrogen-bond acceptors (Lipinski definition) is 4. The normalized spacial score (nSPS) is 21.9. The van der Waals surface area contributed by atoms with Gasteiger partial charge in [-0.15, -0.1) is 0 Å². The molecule has 1 aliphatic heterocycles. The fourth-order valence-corrected chi connectivity index (χ4v) is 2.31. The van der Waals surface area contributed by atoms with Gasteiger partial charge >= 0.3 is 0 Å². The van der Waals surface area contributed by atoms with E-state index in [1.165, 1.54) is 0 Å². The zero-order valence-corrected chi connectivity index (χ0v) is 9.94. The standard InChI is InChI=1S/C10H15NO3S/c1-10(2,3)11-8(13)5-7-6(12)4-9(14)15-7/h7H,4-5H2,1-3H3,(H,11,13). The first kappa shape index (κ1) is 12.2. The second-order valence-corrected chi connectivity index (χ2v) is 5.88. The number of amides is 1. The van der Waals surface area contributed by atoms with Gasteiger partial charge in [-0.3, -0.25) is 14.4 Å². The van der Waals surface area contributed by atoms with Gasteiger partial charge in [-0.25, -0.2) is 0 Å². The smallest absolute Gasteiger partial charge is 0.221 e. The Bertz CT molecular complexity index is 306. The van der Waals surface area contributed by atoms with Crippen LogP contribution in [0.1, 0.15) is 33.6 Å². The Morgan fingerprint density at radius 3 is 2.47 bits per heavy atom. The molecule has 0 radical (unpaired) electrons. The number of rotatable bonds is 2. The van der Waals surface area contributed by atoms with Gasteiger partial charge in [-0.05, 0) is 20.8 Å². The summed E-state index contributed by atoms with van der Waals surface area (Å²) in [5, 5.41) is 2.16. The van der Waals surface area contributed by atoms with Crippen LogP contribution < -0.4 is 5.32 Å². The molecule has 0 saturated carbocycles. The van der Waals surface area contributed by atoms with E-state index in [1.54, 1.807) is 0 Å². The molecule has 1 saturated heterocycles. The van der Waals surface area contributed by atoms with Crippen molar-refractivity contribution in [1.29, 1.82) is 0 Å². The van der Waals surface area contributed by atoms with Gasteiger partial charge in [0.2, 0.25) is 5.91 Å². The SMILES string of the molecule is CC(C)(C)NC(=O)CC1SC(=O)CC1=O. The first-order chi connectivity index (χ1) is 6.78. The summed E-state index contributed by atoms with van der Waals surface area (Å²) in [5.41, 5.74) is -0.298. The zero-order chi connectivity index (χ0) is 11.6. The second kappa shape index (κ2) is 4.35. The molecular formula is C10H15NO3S. The van der Waals surface area contributed by atoms with E-state index >= 15 is 0 Å². The van der Waals surface area contributed by atoms with Crippen molar-refractivity contribution in [2.24, 2.45) is 0 Å². The van der Waals surface area contributed by atoms with Crippen LogP contribution >= 0.6 is 11.8 Å². The number of nitrogens with one attached hydrogen (secondary N) is 1. The minimum absolute atomic E-state index is 0.0296. The van der Waals surface area contributed by atoms with Crippen molar-refractivity contribution in [3.05, 3.63) is 0 Å². The molecule has 1 fully saturated rings. The van der Waals surface area contributed by atoms with E-state index in [4.69, 9.17) is 0 Å². The van der Waals surface area contributed by atoms with Gasteiger partial charge in [-0.1, -0.05) is 11.8 Å². The van der Waals surface area contributed by atoms with E-state index in [9.17, 15) is 14.4 Å². The second-order valence-electron chi connectivity index (χ2n) is 4.62. The molecule has 15 heavy (non-hydrogen) atoms. The Morgan fingerprint density at radius 1 is 1.47 bits per heavy atom. The molecule has 1 N–H and O–H groups in total. The number of hydrogen-bond donors (Lipinski definition) is 1. The van der Waals surface area contributed by atoms with E-state index in [0.29, 0.717) is 0 Å². The Labute approximate surface area is 93.2 Å². The molecule has 1 atom stereocenters. The molecule has 0 spiro atoms. The van der Waals surface area contributed by atoms with Gasteiger partial charge in [0.1, 0.15) is 0 Å². The lowest BCUT2D eigenvalue weighted by Gasteiger charge is -2.21. The molecule has 1 heterocycles. The first-order valence-corrected chi connectivity index (χ1v) is 5.69. The number of carbonyl (C=O) groups is 3. The highest BCUT2D eigenvalue weighted by molar-refractivity contribution is 8.15. The maximum Gasteiger partial charge on any atom is 0.221 e. The lowest BCUT2D eigenvalue weighted by Crippen LogP contribution is -2.41. The summed E-state index contributed by atoms with van der Waals surface area (Å²) in [7, 11) is 0. The van der Waals surface area contributed by atoms with E-state index < -0.39 is 5.25 Å². The van der Waals surface area contributed by atoms with Crippen LogP contribution in [0.15, 0.2) is 0 Å². The molecule has 1 aliphatic rings. The van der Waals surface area contributed by atoms with Crippen LogP contribution in [-0.4, -0.2) is 27.6 Å². The number of ketones is 1. The van der Waals surface area contributed by atoms with Crippen LogP contribution in [0.2, 0.25) is 0 Å². The Morgan fingerprint density at radius 2 is 2.07 bits per heavy atom.